The van der Waals surface area contributed by atoms with Crippen LogP contribution >= 0.6 is 22.9 Å². The molecular weight excluding hydrogens is 470 g/mol. The summed E-state index contributed by atoms with van der Waals surface area (Å²) in [5.41, 5.74) is 3.03. The molecule has 1 N–H and O–H groups in total. The van der Waals surface area contributed by atoms with E-state index in [0.29, 0.717) is 21.0 Å². The number of thiophene rings is 1. The lowest BCUT2D eigenvalue weighted by Gasteiger charge is -2.18. The highest BCUT2D eigenvalue weighted by Crippen LogP contribution is 2.35. The van der Waals surface area contributed by atoms with E-state index in [1.165, 1.54) is 11.3 Å². The highest BCUT2D eigenvalue weighted by atomic mass is 35.5. The first-order chi connectivity index (χ1) is 16.3. The summed E-state index contributed by atoms with van der Waals surface area (Å²) >= 11 is 7.60. The van der Waals surface area contributed by atoms with Gasteiger partial charge in [-0.2, -0.15) is 0 Å². The van der Waals surface area contributed by atoms with E-state index < -0.39 is 24.5 Å². The van der Waals surface area contributed by atoms with E-state index in [-0.39, 0.29) is 5.78 Å². The fraction of sp³-hybridized carbons (Fsp3) is 0.148. The van der Waals surface area contributed by atoms with Crippen LogP contribution in [0.15, 0.2) is 72.8 Å². The highest BCUT2D eigenvalue weighted by Gasteiger charge is 2.27. The van der Waals surface area contributed by atoms with Crippen LogP contribution in [0.5, 0.6) is 0 Å². The fourth-order valence-corrected chi connectivity index (χ4v) is 4.88. The Hall–Kier alpha value is -3.48. The van der Waals surface area contributed by atoms with Crippen LogP contribution in [0.4, 0.5) is 0 Å². The zero-order chi connectivity index (χ0) is 24.2. The minimum absolute atomic E-state index is 0.321. The van der Waals surface area contributed by atoms with E-state index in [4.69, 9.17) is 16.3 Å². The smallest absolute Gasteiger partial charge is 0.326 e. The summed E-state index contributed by atoms with van der Waals surface area (Å²) in [4.78, 5) is 38.8. The Morgan fingerprint density at radius 3 is 2.18 bits per heavy atom. The summed E-state index contributed by atoms with van der Waals surface area (Å²) in [7, 11) is 0. The maximum atomic E-state index is 13.2. The first-order valence-electron chi connectivity index (χ1n) is 10.7. The zero-order valence-corrected chi connectivity index (χ0v) is 20.2. The third kappa shape index (κ3) is 5.19. The van der Waals surface area contributed by atoms with Gasteiger partial charge in [-0.05, 0) is 19.9 Å². The second kappa shape index (κ2) is 10.2. The largest absolute Gasteiger partial charge is 0.448 e. The molecule has 1 heterocycles. The SMILES string of the molecule is Cc1ccc(C(=O)C(OC(=O)CNC(=O)c2sc3ccccc3c2Cl)c2ccc(C)cc2)cc1. The third-order valence-electron chi connectivity index (χ3n) is 5.34. The first-order valence-corrected chi connectivity index (χ1v) is 11.8. The minimum Gasteiger partial charge on any atom is -0.448 e. The molecule has 0 spiro atoms. The van der Waals surface area contributed by atoms with Gasteiger partial charge in [0.2, 0.25) is 5.78 Å². The summed E-state index contributed by atoms with van der Waals surface area (Å²) in [5, 5.41) is 3.68. The molecule has 7 heteroatoms. The van der Waals surface area contributed by atoms with Crippen LogP contribution in [0, 0.1) is 13.8 Å². The number of hydrogen-bond acceptors (Lipinski definition) is 5. The standard InChI is InChI=1S/C27H22ClNO4S/c1-16-7-11-18(12-8-16)24(31)25(19-13-9-17(2)10-14-19)33-22(30)15-29-27(32)26-23(28)20-5-3-4-6-21(20)34-26/h3-14,25H,15H2,1-2H3,(H,29,32). The molecule has 4 rings (SSSR count). The lowest BCUT2D eigenvalue weighted by Crippen LogP contribution is -2.32. The average molecular weight is 492 g/mol. The average Bonchev–Trinajstić information content (AvgIpc) is 3.18. The van der Waals surface area contributed by atoms with E-state index in [9.17, 15) is 14.4 Å². The minimum atomic E-state index is -1.12. The highest BCUT2D eigenvalue weighted by molar-refractivity contribution is 7.21. The number of esters is 1. The molecule has 0 saturated carbocycles. The third-order valence-corrected chi connectivity index (χ3v) is 7.01. The van der Waals surface area contributed by atoms with Gasteiger partial charge in [0, 0.05) is 21.2 Å². The summed E-state index contributed by atoms with van der Waals surface area (Å²) < 4.78 is 6.44. The monoisotopic (exact) mass is 491 g/mol. The van der Waals surface area contributed by atoms with Gasteiger partial charge in [0.15, 0.2) is 6.10 Å². The van der Waals surface area contributed by atoms with Crippen LogP contribution in [0.1, 0.15) is 42.8 Å². The number of fused-ring (bicyclic) bond motifs is 1. The van der Waals surface area contributed by atoms with Crippen LogP contribution in [-0.2, 0) is 9.53 Å². The molecule has 0 fully saturated rings. The maximum Gasteiger partial charge on any atom is 0.326 e. The molecular formula is C27H22ClNO4S. The second-order valence-electron chi connectivity index (χ2n) is 7.93. The van der Waals surface area contributed by atoms with Crippen molar-refractivity contribution in [3.05, 3.63) is 105 Å². The summed E-state index contributed by atoms with van der Waals surface area (Å²) in [6.45, 7) is 3.46. The summed E-state index contributed by atoms with van der Waals surface area (Å²) in [6, 6.07) is 21.7. The number of ether oxygens (including phenoxy) is 1. The molecule has 0 bridgehead atoms. The summed E-state index contributed by atoms with van der Waals surface area (Å²) in [6.07, 6.45) is -1.12. The predicted octanol–water partition coefficient (Wildman–Crippen LogP) is 6.07. The Kier molecular flexibility index (Phi) is 7.10. The Balaban J connectivity index is 1.49. The van der Waals surface area contributed by atoms with Gasteiger partial charge in [-0.15, -0.1) is 11.3 Å². The molecule has 4 aromatic rings. The zero-order valence-electron chi connectivity index (χ0n) is 18.6. The molecule has 0 saturated heterocycles. The number of benzene rings is 3. The quantitative estimate of drug-likeness (QED) is 0.251. The van der Waals surface area contributed by atoms with Crippen LogP contribution in [0.25, 0.3) is 10.1 Å². The molecule has 34 heavy (non-hydrogen) atoms. The molecule has 0 aliphatic carbocycles. The predicted molar refractivity (Wildman–Crippen MR) is 135 cm³/mol. The lowest BCUT2D eigenvalue weighted by molar-refractivity contribution is -0.146. The number of rotatable bonds is 7. The van der Waals surface area contributed by atoms with Crippen molar-refractivity contribution in [1.29, 1.82) is 0 Å². The van der Waals surface area contributed by atoms with Gasteiger partial charge in [0.05, 0.1) is 5.02 Å². The van der Waals surface area contributed by atoms with Gasteiger partial charge in [0.1, 0.15) is 11.4 Å². The molecule has 1 unspecified atom stereocenters. The normalized spacial score (nSPS) is 11.7. The van der Waals surface area contributed by atoms with Crippen molar-refractivity contribution in [2.75, 3.05) is 6.54 Å². The molecule has 5 nitrogen and oxygen atoms in total. The molecule has 0 radical (unpaired) electrons. The Morgan fingerprint density at radius 2 is 1.53 bits per heavy atom. The van der Waals surface area contributed by atoms with Crippen LogP contribution in [0.2, 0.25) is 5.02 Å². The van der Waals surface area contributed by atoms with Gasteiger partial charge in [-0.25, -0.2) is 0 Å². The molecule has 0 aliphatic rings. The molecule has 1 amide bonds. The van der Waals surface area contributed by atoms with Crippen LogP contribution in [-0.4, -0.2) is 24.2 Å². The van der Waals surface area contributed by atoms with Crippen molar-refractivity contribution in [3.63, 3.8) is 0 Å². The topological polar surface area (TPSA) is 72.5 Å². The van der Waals surface area contributed by atoms with Crippen LogP contribution in [0.3, 0.4) is 0 Å². The lowest BCUT2D eigenvalue weighted by atomic mass is 9.98. The van der Waals surface area contributed by atoms with E-state index >= 15 is 0 Å². The van der Waals surface area contributed by atoms with Crippen molar-refractivity contribution in [1.82, 2.24) is 5.32 Å². The van der Waals surface area contributed by atoms with E-state index in [1.807, 2.05) is 62.4 Å². The number of nitrogens with one attached hydrogen (secondary N) is 1. The van der Waals surface area contributed by atoms with Crippen molar-refractivity contribution >= 4 is 50.7 Å². The second-order valence-corrected chi connectivity index (χ2v) is 9.37. The van der Waals surface area contributed by atoms with E-state index in [0.717, 1.165) is 21.2 Å². The number of Topliss-reactive ketones (excluding diaryl/α,β-unsaturated/α-hetero) is 1. The van der Waals surface area contributed by atoms with Crippen molar-refractivity contribution in [2.24, 2.45) is 0 Å². The van der Waals surface area contributed by atoms with Crippen molar-refractivity contribution in [2.45, 2.75) is 20.0 Å². The van der Waals surface area contributed by atoms with Crippen molar-refractivity contribution < 1.29 is 19.1 Å². The molecule has 172 valence electrons. The molecule has 1 atom stereocenters. The Labute approximate surface area is 206 Å². The maximum absolute atomic E-state index is 13.2. The number of amides is 1. The Morgan fingerprint density at radius 1 is 0.912 bits per heavy atom. The van der Waals surface area contributed by atoms with Gasteiger partial charge >= 0.3 is 5.97 Å². The summed E-state index contributed by atoms with van der Waals surface area (Å²) in [5.74, 6) is -1.53. The van der Waals surface area contributed by atoms with E-state index in [1.54, 1.807) is 24.3 Å². The number of ketones is 1. The van der Waals surface area contributed by atoms with Gasteiger partial charge < -0.3 is 10.1 Å². The van der Waals surface area contributed by atoms with Gasteiger partial charge in [-0.1, -0.05) is 89.5 Å². The van der Waals surface area contributed by atoms with Crippen LogP contribution < -0.4 is 5.32 Å². The van der Waals surface area contributed by atoms with Gasteiger partial charge in [-0.3, -0.25) is 14.4 Å². The fourth-order valence-electron chi connectivity index (χ4n) is 3.45. The van der Waals surface area contributed by atoms with Crippen molar-refractivity contribution in [3.8, 4) is 0 Å². The number of aryl methyl sites for hydroxylation is 2. The number of carbonyl (C=O) groups excluding carboxylic acids is 3. The molecule has 1 aromatic heterocycles. The molecule has 0 aliphatic heterocycles. The first kappa shape index (κ1) is 23.7. The molecule has 3 aromatic carbocycles. The number of carbonyl (C=O) groups is 3. The van der Waals surface area contributed by atoms with E-state index in [2.05, 4.69) is 5.32 Å². The van der Waals surface area contributed by atoms with Gasteiger partial charge in [0.25, 0.3) is 5.91 Å². The Bertz CT molecular complexity index is 1360. The number of halogens is 1. The number of hydrogen-bond donors (Lipinski definition) is 1.